The fourth-order valence-corrected chi connectivity index (χ4v) is 5.51. The Balaban J connectivity index is 1.35. The second-order valence-corrected chi connectivity index (χ2v) is 9.67. The molecule has 13 heteroatoms. The average Bonchev–Trinajstić information content (AvgIpc) is 3.18. The molecule has 1 aliphatic carbocycles. The smallest absolute Gasteiger partial charge is 0.370 e. The zero-order chi connectivity index (χ0) is 21.3. The molecule has 3 saturated heterocycles. The number of urea groups is 1. The van der Waals surface area contributed by atoms with Gasteiger partial charge < -0.3 is 20.1 Å². The summed E-state index contributed by atoms with van der Waals surface area (Å²) in [4.78, 5) is 16.2. The van der Waals surface area contributed by atoms with Crippen LogP contribution in [0.3, 0.4) is 0 Å². The first-order chi connectivity index (χ1) is 14.2. The standard InChI is InChI=1S/C17H24N6O6S/c18-15(19)21-5-1-10(2-6-21)13-7-11(20-28-13)12-8-17(3-4-17)14-9-22(12)16(24)23(14)29-30(25,26)27/h7,10,12,14H,1-6,8-9H2,(H3,18,19)(H,25,26,27)/t12-,14-/m0/s1. The van der Waals surface area contributed by atoms with Crippen LogP contribution in [0.4, 0.5) is 4.79 Å². The van der Waals surface area contributed by atoms with Crippen molar-refractivity contribution < 1.29 is 26.6 Å². The van der Waals surface area contributed by atoms with Crippen LogP contribution in [0, 0.1) is 10.8 Å². The molecule has 30 heavy (non-hydrogen) atoms. The van der Waals surface area contributed by atoms with Crippen LogP contribution < -0.4 is 5.73 Å². The lowest BCUT2D eigenvalue weighted by Crippen LogP contribution is -2.43. The van der Waals surface area contributed by atoms with E-state index in [0.717, 1.165) is 36.5 Å². The van der Waals surface area contributed by atoms with Crippen molar-refractivity contribution in [2.75, 3.05) is 19.6 Å². The monoisotopic (exact) mass is 440 g/mol. The van der Waals surface area contributed by atoms with Gasteiger partial charge in [-0.05, 0) is 37.5 Å². The summed E-state index contributed by atoms with van der Waals surface area (Å²) in [5.74, 6) is 0.988. The number of nitrogens with zero attached hydrogens (tertiary/aromatic N) is 4. The van der Waals surface area contributed by atoms with Crippen molar-refractivity contribution >= 4 is 22.4 Å². The average molecular weight is 440 g/mol. The van der Waals surface area contributed by atoms with E-state index in [-0.39, 0.29) is 23.3 Å². The van der Waals surface area contributed by atoms with E-state index in [9.17, 15) is 13.2 Å². The molecular weight excluding hydrogens is 416 g/mol. The molecule has 164 valence electrons. The number of hydrogen-bond donors (Lipinski definition) is 3. The van der Waals surface area contributed by atoms with Gasteiger partial charge in [0.25, 0.3) is 0 Å². The van der Waals surface area contributed by atoms with Gasteiger partial charge in [0, 0.05) is 31.6 Å². The van der Waals surface area contributed by atoms with Gasteiger partial charge >= 0.3 is 16.4 Å². The number of aromatic nitrogens is 1. The summed E-state index contributed by atoms with van der Waals surface area (Å²) in [6.07, 6.45) is 3.94. The molecule has 4 aliphatic rings. The third-order valence-corrected chi connectivity index (χ3v) is 7.31. The van der Waals surface area contributed by atoms with E-state index in [1.54, 1.807) is 4.90 Å². The maximum absolute atomic E-state index is 12.8. The fraction of sp³-hybridized carbons (Fsp3) is 0.706. The molecule has 1 saturated carbocycles. The lowest BCUT2D eigenvalue weighted by Gasteiger charge is -2.35. The topological polar surface area (TPSA) is 166 Å². The Kier molecular flexibility index (Phi) is 4.28. The maximum atomic E-state index is 12.8. The van der Waals surface area contributed by atoms with Gasteiger partial charge in [-0.25, -0.2) is 4.79 Å². The quantitative estimate of drug-likeness (QED) is 0.349. The van der Waals surface area contributed by atoms with Gasteiger partial charge in [0.15, 0.2) is 5.96 Å². The number of hydroxylamine groups is 2. The maximum Gasteiger partial charge on any atom is 0.418 e. The zero-order valence-electron chi connectivity index (χ0n) is 16.2. The number of amides is 2. The summed E-state index contributed by atoms with van der Waals surface area (Å²) < 4.78 is 41.7. The number of nitrogens with two attached hydrogens (primary N) is 1. The normalized spacial score (nSPS) is 28.4. The van der Waals surface area contributed by atoms with Crippen LogP contribution in [-0.4, -0.2) is 70.7 Å². The summed E-state index contributed by atoms with van der Waals surface area (Å²) in [6.45, 7) is 1.67. The first-order valence-corrected chi connectivity index (χ1v) is 11.4. The highest BCUT2D eigenvalue weighted by Gasteiger charge is 2.64. The van der Waals surface area contributed by atoms with Crippen LogP contribution in [0.1, 0.15) is 55.5 Å². The highest BCUT2D eigenvalue weighted by molar-refractivity contribution is 7.80. The Morgan fingerprint density at radius 1 is 1.37 bits per heavy atom. The minimum absolute atomic E-state index is 0.0717. The molecule has 1 aromatic heterocycles. The van der Waals surface area contributed by atoms with Gasteiger partial charge in [-0.3, -0.25) is 9.96 Å². The van der Waals surface area contributed by atoms with Crippen LogP contribution >= 0.6 is 0 Å². The zero-order valence-corrected chi connectivity index (χ0v) is 17.0. The third-order valence-electron chi connectivity index (χ3n) is 6.96. The van der Waals surface area contributed by atoms with E-state index in [1.807, 2.05) is 11.0 Å². The van der Waals surface area contributed by atoms with Gasteiger partial charge in [0.2, 0.25) is 0 Å². The van der Waals surface area contributed by atoms with Crippen molar-refractivity contribution in [3.8, 4) is 0 Å². The molecule has 4 N–H and O–H groups in total. The lowest BCUT2D eigenvalue weighted by atomic mass is 9.84. The first-order valence-electron chi connectivity index (χ1n) is 9.99. The van der Waals surface area contributed by atoms with Crippen molar-refractivity contribution in [1.29, 1.82) is 5.41 Å². The predicted molar refractivity (Wildman–Crippen MR) is 101 cm³/mol. The molecule has 1 spiro atoms. The molecule has 4 fully saturated rings. The first kappa shape index (κ1) is 19.6. The van der Waals surface area contributed by atoms with Crippen LogP contribution in [0.25, 0.3) is 0 Å². The van der Waals surface area contributed by atoms with Gasteiger partial charge in [0.1, 0.15) is 11.5 Å². The molecule has 2 amide bonds. The van der Waals surface area contributed by atoms with Crippen molar-refractivity contribution in [3.63, 3.8) is 0 Å². The highest BCUT2D eigenvalue weighted by Crippen LogP contribution is 2.62. The molecule has 0 unspecified atom stereocenters. The number of piperidine rings is 2. The Bertz CT molecular complexity index is 983. The Morgan fingerprint density at radius 2 is 2.07 bits per heavy atom. The molecule has 12 nitrogen and oxygen atoms in total. The van der Waals surface area contributed by atoms with Crippen LogP contribution in [0.5, 0.6) is 0 Å². The van der Waals surface area contributed by atoms with Crippen molar-refractivity contribution in [1.82, 2.24) is 20.0 Å². The predicted octanol–water partition coefficient (Wildman–Crippen LogP) is 0.813. The number of rotatable bonds is 4. The lowest BCUT2D eigenvalue weighted by molar-refractivity contribution is -0.0527. The number of guanidine groups is 1. The van der Waals surface area contributed by atoms with Gasteiger partial charge in [-0.2, -0.15) is 13.5 Å². The second-order valence-electron chi connectivity index (χ2n) is 8.66. The van der Waals surface area contributed by atoms with E-state index in [0.29, 0.717) is 31.7 Å². The second kappa shape index (κ2) is 6.56. The SMILES string of the molecule is N=C(N)N1CCC(c2cc([C@@H]3CC4(CC4)[C@@H]4CN3C(=O)N4OS(=O)(=O)O)no2)CC1. The molecular formula is C17H24N6O6S. The summed E-state index contributed by atoms with van der Waals surface area (Å²) in [7, 11) is -4.79. The fourth-order valence-electron chi connectivity index (χ4n) is 5.14. The van der Waals surface area contributed by atoms with E-state index in [2.05, 4.69) is 9.44 Å². The van der Waals surface area contributed by atoms with Crippen molar-refractivity contribution in [3.05, 3.63) is 17.5 Å². The minimum atomic E-state index is -4.79. The molecule has 0 aromatic carbocycles. The molecule has 2 bridgehead atoms. The number of carbonyl (C=O) groups excluding carboxylic acids is 1. The molecule has 1 aromatic rings. The number of likely N-dealkylation sites (tertiary alicyclic amines) is 1. The van der Waals surface area contributed by atoms with Crippen LogP contribution in [-0.2, 0) is 14.7 Å². The number of carbonyl (C=O) groups is 1. The van der Waals surface area contributed by atoms with Gasteiger partial charge in [-0.15, -0.1) is 4.28 Å². The van der Waals surface area contributed by atoms with Gasteiger partial charge in [0.05, 0.1) is 12.1 Å². The summed E-state index contributed by atoms with van der Waals surface area (Å²) in [5, 5.41) is 12.6. The van der Waals surface area contributed by atoms with E-state index in [1.165, 1.54) is 0 Å². The number of fused-ring (bicyclic) bond motifs is 3. The Morgan fingerprint density at radius 3 is 2.67 bits per heavy atom. The molecule has 2 atom stereocenters. The van der Waals surface area contributed by atoms with Crippen LogP contribution in [0.2, 0.25) is 0 Å². The number of hydrogen-bond acceptors (Lipinski definition) is 7. The van der Waals surface area contributed by atoms with Crippen LogP contribution in [0.15, 0.2) is 10.6 Å². The number of nitrogens with one attached hydrogen (secondary N) is 1. The third kappa shape index (κ3) is 3.20. The summed E-state index contributed by atoms with van der Waals surface area (Å²) in [6, 6.07) is 0.548. The minimum Gasteiger partial charge on any atom is -0.370 e. The van der Waals surface area contributed by atoms with E-state index >= 15 is 0 Å². The summed E-state index contributed by atoms with van der Waals surface area (Å²) >= 11 is 0. The van der Waals surface area contributed by atoms with Crippen molar-refractivity contribution in [2.45, 2.75) is 50.1 Å². The molecule has 4 heterocycles. The van der Waals surface area contributed by atoms with Crippen molar-refractivity contribution in [2.24, 2.45) is 11.1 Å². The highest BCUT2D eigenvalue weighted by atomic mass is 32.3. The molecule has 0 radical (unpaired) electrons. The largest absolute Gasteiger partial charge is 0.418 e. The van der Waals surface area contributed by atoms with Gasteiger partial charge in [-0.1, -0.05) is 5.16 Å². The van der Waals surface area contributed by atoms with E-state index in [4.69, 9.17) is 20.2 Å². The molecule has 5 rings (SSSR count). The Labute approximate surface area is 173 Å². The molecule has 3 aliphatic heterocycles. The Hall–Kier alpha value is -2.38. The summed E-state index contributed by atoms with van der Waals surface area (Å²) in [5.41, 5.74) is 5.96. The van der Waals surface area contributed by atoms with E-state index < -0.39 is 22.5 Å².